The Balaban J connectivity index is 1.35. The van der Waals surface area contributed by atoms with E-state index in [9.17, 15) is 4.79 Å². The number of nitrogens with zero attached hydrogens (tertiary/aromatic N) is 2. The van der Waals surface area contributed by atoms with Crippen LogP contribution in [0.25, 0.3) is 6.08 Å². The third-order valence-electron chi connectivity index (χ3n) is 3.93. The topological polar surface area (TPSA) is 94.6 Å². The number of rotatable bonds is 9. The number of para-hydroxylation sites is 1. The molecule has 1 aromatic heterocycles. The molecule has 1 saturated heterocycles. The van der Waals surface area contributed by atoms with Crippen molar-refractivity contribution in [1.82, 2.24) is 15.4 Å². The standard InChI is InChI=1S/C20H24N4O4/c25-19(24-28-20-8-4-5-12-27-20)10-9-16-14-23-18(15-22-16)21-11-13-26-17-6-2-1-3-7-17/h1-3,6-7,9-10,14-15,20H,4-5,8,11-13H2,(H,21,23)(H,24,25). The first-order valence-corrected chi connectivity index (χ1v) is 9.29. The largest absolute Gasteiger partial charge is 0.492 e. The Bertz CT molecular complexity index is 747. The third-order valence-corrected chi connectivity index (χ3v) is 3.93. The van der Waals surface area contributed by atoms with E-state index in [4.69, 9.17) is 14.3 Å². The van der Waals surface area contributed by atoms with Gasteiger partial charge in [-0.3, -0.25) is 9.78 Å². The van der Waals surface area contributed by atoms with Crippen LogP contribution in [0.5, 0.6) is 5.75 Å². The average molecular weight is 384 g/mol. The fourth-order valence-corrected chi connectivity index (χ4v) is 2.50. The van der Waals surface area contributed by atoms with Gasteiger partial charge in [0.15, 0.2) is 6.29 Å². The zero-order valence-corrected chi connectivity index (χ0v) is 15.5. The number of nitrogens with one attached hydrogen (secondary N) is 2. The second-order valence-corrected chi connectivity index (χ2v) is 6.13. The SMILES string of the molecule is O=C(C=Cc1cnc(NCCOc2ccccc2)cn1)NOC1CCCCO1. The van der Waals surface area contributed by atoms with Gasteiger partial charge in [-0.05, 0) is 31.1 Å². The molecular formula is C20H24N4O4. The molecule has 1 fully saturated rings. The van der Waals surface area contributed by atoms with E-state index in [1.807, 2.05) is 30.3 Å². The van der Waals surface area contributed by atoms with E-state index in [0.29, 0.717) is 31.3 Å². The molecule has 28 heavy (non-hydrogen) atoms. The zero-order chi connectivity index (χ0) is 19.4. The van der Waals surface area contributed by atoms with Crippen LogP contribution in [-0.4, -0.2) is 41.9 Å². The predicted molar refractivity (Wildman–Crippen MR) is 104 cm³/mol. The lowest BCUT2D eigenvalue weighted by atomic mass is 10.2. The highest BCUT2D eigenvalue weighted by Crippen LogP contribution is 2.12. The number of carbonyl (C=O) groups is 1. The van der Waals surface area contributed by atoms with Gasteiger partial charge in [0.05, 0.1) is 24.6 Å². The maximum atomic E-state index is 11.8. The van der Waals surface area contributed by atoms with Crippen LogP contribution >= 0.6 is 0 Å². The van der Waals surface area contributed by atoms with Gasteiger partial charge in [-0.25, -0.2) is 15.3 Å². The summed E-state index contributed by atoms with van der Waals surface area (Å²) in [7, 11) is 0. The van der Waals surface area contributed by atoms with Crippen LogP contribution in [0.2, 0.25) is 0 Å². The average Bonchev–Trinajstić information content (AvgIpc) is 2.76. The van der Waals surface area contributed by atoms with Crippen molar-refractivity contribution >= 4 is 17.8 Å². The summed E-state index contributed by atoms with van der Waals surface area (Å²) in [5.74, 6) is 1.08. The van der Waals surface area contributed by atoms with Gasteiger partial charge in [0.1, 0.15) is 18.2 Å². The highest BCUT2D eigenvalue weighted by molar-refractivity contribution is 5.90. The minimum Gasteiger partial charge on any atom is -0.492 e. The molecular weight excluding hydrogens is 360 g/mol. The van der Waals surface area contributed by atoms with Gasteiger partial charge in [-0.2, -0.15) is 0 Å². The molecule has 8 heteroatoms. The van der Waals surface area contributed by atoms with Crippen molar-refractivity contribution < 1.29 is 19.1 Å². The number of aromatic nitrogens is 2. The van der Waals surface area contributed by atoms with Gasteiger partial charge < -0.3 is 14.8 Å². The lowest BCUT2D eigenvalue weighted by molar-refractivity contribution is -0.198. The molecule has 1 aromatic carbocycles. The van der Waals surface area contributed by atoms with Gasteiger partial charge in [0.2, 0.25) is 0 Å². The molecule has 0 spiro atoms. The fourth-order valence-electron chi connectivity index (χ4n) is 2.50. The lowest BCUT2D eigenvalue weighted by Crippen LogP contribution is -2.32. The van der Waals surface area contributed by atoms with Crippen molar-refractivity contribution in [3.63, 3.8) is 0 Å². The van der Waals surface area contributed by atoms with Crippen LogP contribution in [0.3, 0.4) is 0 Å². The molecule has 2 heterocycles. The maximum Gasteiger partial charge on any atom is 0.267 e. The minimum absolute atomic E-state index is 0.373. The smallest absolute Gasteiger partial charge is 0.267 e. The van der Waals surface area contributed by atoms with Crippen molar-refractivity contribution in [2.45, 2.75) is 25.6 Å². The van der Waals surface area contributed by atoms with Crippen LogP contribution in [0.15, 0.2) is 48.8 Å². The van der Waals surface area contributed by atoms with E-state index in [-0.39, 0.29) is 12.2 Å². The molecule has 0 radical (unpaired) electrons. The molecule has 0 bridgehead atoms. The highest BCUT2D eigenvalue weighted by atomic mass is 16.8. The number of carbonyl (C=O) groups excluding carboxylic acids is 1. The summed E-state index contributed by atoms with van der Waals surface area (Å²) in [5.41, 5.74) is 2.92. The summed E-state index contributed by atoms with van der Waals surface area (Å²) in [6, 6.07) is 9.61. The number of amides is 1. The van der Waals surface area contributed by atoms with E-state index >= 15 is 0 Å². The predicted octanol–water partition coefficient (Wildman–Crippen LogP) is 2.56. The number of ether oxygens (including phenoxy) is 2. The number of benzene rings is 1. The zero-order valence-electron chi connectivity index (χ0n) is 15.5. The van der Waals surface area contributed by atoms with Crippen molar-refractivity contribution in [3.05, 3.63) is 54.5 Å². The summed E-state index contributed by atoms with van der Waals surface area (Å²) in [5, 5.41) is 3.13. The van der Waals surface area contributed by atoms with Gasteiger partial charge in [-0.15, -0.1) is 0 Å². The second-order valence-electron chi connectivity index (χ2n) is 6.13. The van der Waals surface area contributed by atoms with E-state index in [2.05, 4.69) is 20.8 Å². The van der Waals surface area contributed by atoms with Crippen molar-refractivity contribution in [2.75, 3.05) is 25.1 Å². The monoisotopic (exact) mass is 384 g/mol. The molecule has 1 aliphatic heterocycles. The normalized spacial score (nSPS) is 16.6. The van der Waals surface area contributed by atoms with E-state index < -0.39 is 0 Å². The maximum absolute atomic E-state index is 11.8. The van der Waals surface area contributed by atoms with Crippen molar-refractivity contribution in [1.29, 1.82) is 0 Å². The molecule has 0 aliphatic carbocycles. The molecule has 3 rings (SSSR count). The second kappa shape index (κ2) is 11.0. The minimum atomic E-state index is -0.378. The van der Waals surface area contributed by atoms with E-state index in [1.54, 1.807) is 18.5 Å². The molecule has 1 unspecified atom stereocenters. The molecule has 148 valence electrons. The van der Waals surface area contributed by atoms with Gasteiger partial charge in [-0.1, -0.05) is 18.2 Å². The number of hydrogen-bond donors (Lipinski definition) is 2. The van der Waals surface area contributed by atoms with E-state index in [0.717, 1.165) is 25.0 Å². The fraction of sp³-hybridized carbons (Fsp3) is 0.350. The van der Waals surface area contributed by atoms with Crippen LogP contribution in [-0.2, 0) is 14.4 Å². The van der Waals surface area contributed by atoms with Gasteiger partial charge in [0.25, 0.3) is 5.91 Å². The molecule has 0 saturated carbocycles. The Morgan fingerprint density at radius 1 is 1.21 bits per heavy atom. The van der Waals surface area contributed by atoms with Gasteiger partial charge >= 0.3 is 0 Å². The summed E-state index contributed by atoms with van der Waals surface area (Å²) < 4.78 is 11.0. The molecule has 2 N–H and O–H groups in total. The van der Waals surface area contributed by atoms with Crippen LogP contribution in [0.4, 0.5) is 5.82 Å². The third kappa shape index (κ3) is 6.98. The Hall–Kier alpha value is -2.97. The molecule has 2 aromatic rings. The Labute approximate surface area is 163 Å². The van der Waals surface area contributed by atoms with Gasteiger partial charge in [0, 0.05) is 19.1 Å². The van der Waals surface area contributed by atoms with Crippen LogP contribution in [0, 0.1) is 0 Å². The first kappa shape index (κ1) is 19.8. The summed E-state index contributed by atoms with van der Waals surface area (Å²) in [4.78, 5) is 25.5. The molecule has 8 nitrogen and oxygen atoms in total. The van der Waals surface area contributed by atoms with Crippen LogP contribution < -0.4 is 15.5 Å². The molecule has 1 atom stereocenters. The Morgan fingerprint density at radius 2 is 2.11 bits per heavy atom. The first-order valence-electron chi connectivity index (χ1n) is 9.29. The Morgan fingerprint density at radius 3 is 2.86 bits per heavy atom. The first-order chi connectivity index (χ1) is 13.8. The Kier molecular flexibility index (Phi) is 7.78. The highest BCUT2D eigenvalue weighted by Gasteiger charge is 2.14. The summed E-state index contributed by atoms with van der Waals surface area (Å²) in [6.45, 7) is 1.77. The molecule has 1 aliphatic rings. The quantitative estimate of drug-likeness (QED) is 0.390. The van der Waals surface area contributed by atoms with Crippen molar-refractivity contribution in [3.8, 4) is 5.75 Å². The molecule has 1 amide bonds. The summed E-state index contributed by atoms with van der Waals surface area (Å²) >= 11 is 0. The lowest BCUT2D eigenvalue weighted by Gasteiger charge is -2.21. The number of hydroxylamine groups is 1. The summed E-state index contributed by atoms with van der Waals surface area (Å²) in [6.07, 6.45) is 8.55. The number of hydrogen-bond acceptors (Lipinski definition) is 7. The van der Waals surface area contributed by atoms with Crippen LogP contribution in [0.1, 0.15) is 25.0 Å². The van der Waals surface area contributed by atoms with Crippen molar-refractivity contribution in [2.24, 2.45) is 0 Å². The van der Waals surface area contributed by atoms with E-state index in [1.165, 1.54) is 6.08 Å². The number of anilines is 1.